The van der Waals surface area contributed by atoms with Gasteiger partial charge in [0.25, 0.3) is 5.91 Å². The highest BCUT2D eigenvalue weighted by Gasteiger charge is 2.51. The summed E-state index contributed by atoms with van der Waals surface area (Å²) in [6.07, 6.45) is 2.01. The van der Waals surface area contributed by atoms with Crippen LogP contribution in [-0.2, 0) is 11.2 Å². The number of nitrogens with one attached hydrogen (secondary N) is 2. The first-order valence-electron chi connectivity index (χ1n) is 9.75. The molecule has 1 aliphatic rings. The van der Waals surface area contributed by atoms with E-state index < -0.39 is 29.3 Å². The van der Waals surface area contributed by atoms with Gasteiger partial charge in [0.2, 0.25) is 5.82 Å². The average Bonchev–Trinajstić information content (AvgIpc) is 3.40. The molecule has 4 rings (SSSR count). The van der Waals surface area contributed by atoms with Crippen molar-refractivity contribution in [3.05, 3.63) is 66.0 Å². The molecule has 2 aromatic carbocycles. The quantitative estimate of drug-likeness (QED) is 0.455. The van der Waals surface area contributed by atoms with E-state index >= 15 is 0 Å². The maximum atomic E-state index is 12.5. The lowest BCUT2D eigenvalue weighted by atomic mass is 9.92. The fourth-order valence-corrected chi connectivity index (χ4v) is 3.66. The predicted octanol–water partition coefficient (Wildman–Crippen LogP) is 2.77. The topological polar surface area (TPSA) is 128 Å². The third-order valence-corrected chi connectivity index (χ3v) is 5.51. The summed E-state index contributed by atoms with van der Waals surface area (Å²) in [7, 11) is 0. The molecule has 8 nitrogen and oxygen atoms in total. The summed E-state index contributed by atoms with van der Waals surface area (Å²) >= 11 is 0. The number of aliphatic carboxylic acids is 1. The van der Waals surface area contributed by atoms with Gasteiger partial charge < -0.3 is 15.5 Å². The van der Waals surface area contributed by atoms with Gasteiger partial charge in [-0.1, -0.05) is 54.6 Å². The van der Waals surface area contributed by atoms with Gasteiger partial charge in [0, 0.05) is 6.04 Å². The third kappa shape index (κ3) is 4.32. The number of H-pyrrole nitrogens is 1. The lowest BCUT2D eigenvalue weighted by molar-refractivity contribution is -0.143. The van der Waals surface area contributed by atoms with Gasteiger partial charge in [-0.3, -0.25) is 14.7 Å². The minimum Gasteiger partial charge on any atom is -0.481 e. The maximum Gasteiger partial charge on any atom is 0.333 e. The normalized spacial score (nSPS) is 15.3. The third-order valence-electron chi connectivity index (χ3n) is 5.51. The van der Waals surface area contributed by atoms with Gasteiger partial charge >= 0.3 is 12.0 Å². The second-order valence-corrected chi connectivity index (χ2v) is 7.71. The molecule has 0 unspecified atom stereocenters. The Morgan fingerprint density at radius 1 is 1.07 bits per heavy atom. The van der Waals surface area contributed by atoms with Crippen LogP contribution in [0.3, 0.4) is 0 Å². The first-order valence-corrected chi connectivity index (χ1v) is 9.75. The van der Waals surface area contributed by atoms with Crippen molar-refractivity contribution in [3.63, 3.8) is 0 Å². The summed E-state index contributed by atoms with van der Waals surface area (Å²) in [6, 6.07) is 17.1. The molecule has 1 saturated carbocycles. The van der Waals surface area contributed by atoms with Crippen LogP contribution in [0.5, 0.6) is 6.01 Å². The van der Waals surface area contributed by atoms with Crippen molar-refractivity contribution in [2.45, 2.75) is 31.7 Å². The molecule has 30 heavy (non-hydrogen) atoms. The smallest absolute Gasteiger partial charge is 0.333 e. The Morgan fingerprint density at radius 2 is 1.73 bits per heavy atom. The van der Waals surface area contributed by atoms with Crippen LogP contribution >= 0.6 is 0 Å². The van der Waals surface area contributed by atoms with Crippen LogP contribution in [0.15, 0.2) is 54.6 Å². The number of amides is 1. The van der Waals surface area contributed by atoms with E-state index in [1.54, 1.807) is 0 Å². The summed E-state index contributed by atoms with van der Waals surface area (Å²) in [5.41, 5.74) is 2.40. The van der Waals surface area contributed by atoms with E-state index in [0.717, 1.165) is 16.7 Å². The lowest BCUT2D eigenvalue weighted by Gasteiger charge is -2.22. The molecule has 1 aliphatic carbocycles. The highest BCUT2D eigenvalue weighted by Crippen LogP contribution is 2.50. The van der Waals surface area contributed by atoms with E-state index in [0.29, 0.717) is 25.7 Å². The average molecular weight is 406 g/mol. The molecular formula is C22H22N4O4. The SMILES string of the molecule is O=C(N[C@@H](Cc1ccc(-c2ccccc2)cc1)CC1(C(=O)O)CC1)c1nc(O)n[nH]1. The Hall–Kier alpha value is -3.68. The Bertz CT molecular complexity index is 1040. The van der Waals surface area contributed by atoms with E-state index in [4.69, 9.17) is 0 Å². The number of rotatable bonds is 8. The fraction of sp³-hybridized carbons (Fsp3) is 0.273. The lowest BCUT2D eigenvalue weighted by Crippen LogP contribution is -2.40. The number of carbonyl (C=O) groups excluding carboxylic acids is 1. The minimum atomic E-state index is -0.835. The van der Waals surface area contributed by atoms with Gasteiger partial charge in [-0.2, -0.15) is 4.98 Å². The number of aromatic nitrogens is 3. The van der Waals surface area contributed by atoms with Crippen LogP contribution in [0.25, 0.3) is 11.1 Å². The van der Waals surface area contributed by atoms with Crippen molar-refractivity contribution in [1.82, 2.24) is 20.5 Å². The number of aromatic hydroxyl groups is 1. The molecule has 1 fully saturated rings. The summed E-state index contributed by atoms with van der Waals surface area (Å²) in [6.45, 7) is 0. The van der Waals surface area contributed by atoms with Gasteiger partial charge in [0.05, 0.1) is 5.41 Å². The number of hydrogen-bond acceptors (Lipinski definition) is 5. The van der Waals surface area contributed by atoms with E-state index in [2.05, 4.69) is 20.5 Å². The van der Waals surface area contributed by atoms with E-state index in [1.165, 1.54) is 0 Å². The maximum absolute atomic E-state index is 12.5. The molecule has 1 atom stereocenters. The number of benzene rings is 2. The number of hydrogen-bond donors (Lipinski definition) is 4. The van der Waals surface area contributed by atoms with Gasteiger partial charge in [0.15, 0.2) is 0 Å². The van der Waals surface area contributed by atoms with Crippen LogP contribution in [0.2, 0.25) is 0 Å². The summed E-state index contributed by atoms with van der Waals surface area (Å²) in [4.78, 5) is 27.8. The number of nitrogens with zero attached hydrogens (tertiary/aromatic N) is 2. The zero-order chi connectivity index (χ0) is 21.1. The van der Waals surface area contributed by atoms with Gasteiger partial charge in [-0.25, -0.2) is 0 Å². The van der Waals surface area contributed by atoms with E-state index in [9.17, 15) is 19.8 Å². The molecule has 1 amide bonds. The molecule has 0 radical (unpaired) electrons. The highest BCUT2D eigenvalue weighted by molar-refractivity contribution is 5.90. The number of carbonyl (C=O) groups is 2. The van der Waals surface area contributed by atoms with Crippen molar-refractivity contribution in [2.75, 3.05) is 0 Å². The van der Waals surface area contributed by atoms with Crippen molar-refractivity contribution < 1.29 is 19.8 Å². The van der Waals surface area contributed by atoms with Crippen molar-refractivity contribution >= 4 is 11.9 Å². The predicted molar refractivity (Wildman–Crippen MR) is 109 cm³/mol. The van der Waals surface area contributed by atoms with Crippen LogP contribution in [-0.4, -0.2) is 43.3 Å². The number of carboxylic acid groups (broad SMARTS) is 1. The van der Waals surface area contributed by atoms with E-state index in [-0.39, 0.29) is 5.82 Å². The molecule has 0 saturated heterocycles. The Kier molecular flexibility index (Phi) is 5.22. The molecule has 0 aliphatic heterocycles. The van der Waals surface area contributed by atoms with Crippen molar-refractivity contribution in [2.24, 2.45) is 5.41 Å². The van der Waals surface area contributed by atoms with Gasteiger partial charge in [-0.05, 0) is 42.4 Å². The monoisotopic (exact) mass is 406 g/mol. The van der Waals surface area contributed by atoms with Crippen LogP contribution in [0.4, 0.5) is 0 Å². The second-order valence-electron chi connectivity index (χ2n) is 7.71. The molecule has 1 aromatic heterocycles. The first kappa shape index (κ1) is 19.6. The summed E-state index contributed by atoms with van der Waals surface area (Å²) in [5.74, 6) is -1.48. The molecule has 0 bridgehead atoms. The first-order chi connectivity index (χ1) is 14.4. The molecule has 154 valence electrons. The molecule has 4 N–H and O–H groups in total. The summed E-state index contributed by atoms with van der Waals surface area (Å²) < 4.78 is 0. The standard InChI is InChI=1S/C22H22N4O4/c27-19(18-24-21(30)26-25-18)23-17(13-22(10-11-22)20(28)29)12-14-6-8-16(9-7-14)15-4-2-1-3-5-15/h1-9,17H,10-13H2,(H,23,27)(H,28,29)(H2,24,25,26,30)/t17-/m0/s1. The molecular weight excluding hydrogens is 384 g/mol. The van der Waals surface area contributed by atoms with Crippen LogP contribution < -0.4 is 5.32 Å². The van der Waals surface area contributed by atoms with Gasteiger partial charge in [0.1, 0.15) is 0 Å². The number of carboxylic acids is 1. The molecule has 8 heteroatoms. The van der Waals surface area contributed by atoms with Crippen molar-refractivity contribution in [1.29, 1.82) is 0 Å². The molecule has 1 heterocycles. The Balaban J connectivity index is 1.50. The Morgan fingerprint density at radius 3 is 2.30 bits per heavy atom. The molecule has 3 aromatic rings. The van der Waals surface area contributed by atoms with Crippen molar-refractivity contribution in [3.8, 4) is 17.1 Å². The Labute approximate surface area is 173 Å². The largest absolute Gasteiger partial charge is 0.481 e. The molecule has 0 spiro atoms. The van der Waals surface area contributed by atoms with Crippen LogP contribution in [0.1, 0.15) is 35.4 Å². The second kappa shape index (κ2) is 7.98. The number of aromatic amines is 1. The fourth-order valence-electron chi connectivity index (χ4n) is 3.66. The summed E-state index contributed by atoms with van der Waals surface area (Å²) in [5, 5.41) is 27.5. The minimum absolute atomic E-state index is 0.114. The van der Waals surface area contributed by atoms with Crippen LogP contribution in [0, 0.1) is 5.41 Å². The highest BCUT2D eigenvalue weighted by atomic mass is 16.4. The van der Waals surface area contributed by atoms with E-state index in [1.807, 2.05) is 54.6 Å². The zero-order valence-corrected chi connectivity index (χ0v) is 16.2. The zero-order valence-electron chi connectivity index (χ0n) is 16.2. The van der Waals surface area contributed by atoms with Gasteiger partial charge in [-0.15, -0.1) is 5.10 Å².